The lowest BCUT2D eigenvalue weighted by Gasteiger charge is -2.34. The topological polar surface area (TPSA) is 86.1 Å². The van der Waals surface area contributed by atoms with Crippen molar-refractivity contribution in [2.24, 2.45) is 0 Å². The molecule has 1 aliphatic carbocycles. The van der Waals surface area contributed by atoms with E-state index in [4.69, 9.17) is 0 Å². The highest BCUT2D eigenvalue weighted by molar-refractivity contribution is 7.90. The number of hydrogen-bond acceptors (Lipinski definition) is 5. The van der Waals surface area contributed by atoms with Gasteiger partial charge in [-0.25, -0.2) is 18.1 Å². The summed E-state index contributed by atoms with van der Waals surface area (Å²) in [5.74, 6) is 0.650. The fraction of sp³-hybridized carbons (Fsp3) is 0.444. The largest absolute Gasteiger partial charge is 0.354 e. The highest BCUT2D eigenvalue weighted by Crippen LogP contribution is 2.29. The van der Waals surface area contributed by atoms with Crippen molar-refractivity contribution in [2.75, 3.05) is 18.0 Å². The van der Waals surface area contributed by atoms with Crippen molar-refractivity contribution < 1.29 is 8.42 Å². The molecule has 1 unspecified atom stereocenters. The summed E-state index contributed by atoms with van der Waals surface area (Å²) in [6, 6.07) is 11.7. The SMILES string of the molecule is N#Cc1cc2ccccc2nc1N1CCCC(NS(=O)(=O)C2CC2)C1. The van der Waals surface area contributed by atoms with Gasteiger partial charge in [-0.15, -0.1) is 0 Å². The molecule has 1 aromatic heterocycles. The molecular weight excluding hydrogens is 336 g/mol. The summed E-state index contributed by atoms with van der Waals surface area (Å²) in [7, 11) is -3.20. The zero-order valence-electron chi connectivity index (χ0n) is 13.9. The lowest BCUT2D eigenvalue weighted by atomic mass is 10.1. The van der Waals surface area contributed by atoms with Crippen LogP contribution in [0.15, 0.2) is 30.3 Å². The Hall–Kier alpha value is -2.17. The first-order valence-corrected chi connectivity index (χ1v) is 10.2. The van der Waals surface area contributed by atoms with E-state index in [1.807, 2.05) is 35.2 Å². The van der Waals surface area contributed by atoms with Crippen molar-refractivity contribution in [1.82, 2.24) is 9.71 Å². The van der Waals surface area contributed by atoms with Gasteiger partial charge in [0.25, 0.3) is 0 Å². The second-order valence-corrected chi connectivity index (χ2v) is 8.80. The van der Waals surface area contributed by atoms with E-state index in [1.54, 1.807) is 0 Å². The van der Waals surface area contributed by atoms with Crippen LogP contribution >= 0.6 is 0 Å². The highest BCUT2D eigenvalue weighted by Gasteiger charge is 2.37. The highest BCUT2D eigenvalue weighted by atomic mass is 32.2. The van der Waals surface area contributed by atoms with Crippen molar-refractivity contribution in [1.29, 1.82) is 5.26 Å². The number of para-hydroxylation sites is 1. The summed E-state index contributed by atoms with van der Waals surface area (Å²) < 4.78 is 27.3. The van der Waals surface area contributed by atoms with E-state index in [-0.39, 0.29) is 11.3 Å². The number of aromatic nitrogens is 1. The number of fused-ring (bicyclic) bond motifs is 1. The van der Waals surface area contributed by atoms with E-state index in [0.717, 1.165) is 43.1 Å². The number of piperidine rings is 1. The molecule has 1 atom stereocenters. The average Bonchev–Trinajstić information content (AvgIpc) is 3.46. The Morgan fingerprint density at radius 3 is 2.80 bits per heavy atom. The standard InChI is InChI=1S/C18H20N4O2S/c19-11-14-10-13-4-1-2-6-17(13)20-18(14)22-9-3-5-15(12-22)21-25(23,24)16-7-8-16/h1-2,4,6,10,15-16,21H,3,5,7-9,12H2. The zero-order chi connectivity index (χ0) is 17.4. The van der Waals surface area contributed by atoms with E-state index in [2.05, 4.69) is 15.8 Å². The van der Waals surface area contributed by atoms with Gasteiger partial charge in [0.05, 0.1) is 16.3 Å². The summed E-state index contributed by atoms with van der Waals surface area (Å²) in [4.78, 5) is 6.71. The van der Waals surface area contributed by atoms with Gasteiger partial charge in [0.15, 0.2) is 0 Å². The van der Waals surface area contributed by atoms with Gasteiger partial charge in [-0.05, 0) is 37.8 Å². The van der Waals surface area contributed by atoms with Crippen LogP contribution in [0.5, 0.6) is 0 Å². The normalized spacial score (nSPS) is 21.2. The van der Waals surface area contributed by atoms with E-state index in [1.165, 1.54) is 0 Å². The van der Waals surface area contributed by atoms with Crippen molar-refractivity contribution in [2.45, 2.75) is 37.0 Å². The molecule has 7 heteroatoms. The fourth-order valence-electron chi connectivity index (χ4n) is 3.40. The molecule has 0 amide bonds. The maximum absolute atomic E-state index is 12.2. The van der Waals surface area contributed by atoms with E-state index in [9.17, 15) is 13.7 Å². The Kier molecular flexibility index (Phi) is 4.10. The number of rotatable bonds is 4. The van der Waals surface area contributed by atoms with Crippen LogP contribution in [0, 0.1) is 11.3 Å². The molecule has 1 saturated heterocycles. The predicted molar refractivity (Wildman–Crippen MR) is 96.8 cm³/mol. The maximum Gasteiger partial charge on any atom is 0.214 e. The third-order valence-corrected chi connectivity index (χ3v) is 6.85. The lowest BCUT2D eigenvalue weighted by Crippen LogP contribution is -2.49. The Labute approximate surface area is 147 Å². The minimum atomic E-state index is -3.20. The number of nitrogens with zero attached hydrogens (tertiary/aromatic N) is 3. The van der Waals surface area contributed by atoms with Gasteiger partial charge in [-0.2, -0.15) is 5.26 Å². The number of nitrogens with one attached hydrogen (secondary N) is 1. The van der Waals surface area contributed by atoms with Crippen LogP contribution < -0.4 is 9.62 Å². The lowest BCUT2D eigenvalue weighted by molar-refractivity contribution is 0.463. The number of anilines is 1. The van der Waals surface area contributed by atoms with Gasteiger partial charge >= 0.3 is 0 Å². The van der Waals surface area contributed by atoms with E-state index < -0.39 is 10.0 Å². The first-order valence-electron chi connectivity index (χ1n) is 8.63. The molecule has 0 spiro atoms. The van der Waals surface area contributed by atoms with Crippen molar-refractivity contribution in [3.05, 3.63) is 35.9 Å². The number of benzene rings is 1. The summed E-state index contributed by atoms with van der Waals surface area (Å²) in [5, 5.41) is 10.2. The third kappa shape index (κ3) is 3.32. The van der Waals surface area contributed by atoms with Crippen molar-refractivity contribution in [3.8, 4) is 6.07 Å². The molecular formula is C18H20N4O2S. The maximum atomic E-state index is 12.2. The van der Waals surface area contributed by atoms with Crippen molar-refractivity contribution >= 4 is 26.7 Å². The molecule has 0 bridgehead atoms. The molecule has 1 aromatic carbocycles. The van der Waals surface area contributed by atoms with Gasteiger partial charge in [0.2, 0.25) is 10.0 Å². The van der Waals surface area contributed by atoms with E-state index >= 15 is 0 Å². The van der Waals surface area contributed by atoms with Crippen LogP contribution in [0.3, 0.4) is 0 Å². The molecule has 2 aliphatic rings. The molecule has 2 fully saturated rings. The molecule has 1 N–H and O–H groups in total. The summed E-state index contributed by atoms with van der Waals surface area (Å²) >= 11 is 0. The Balaban J connectivity index is 1.60. The Bertz CT molecular complexity index is 947. The molecule has 1 saturated carbocycles. The quantitative estimate of drug-likeness (QED) is 0.907. The molecule has 6 nitrogen and oxygen atoms in total. The predicted octanol–water partition coefficient (Wildman–Crippen LogP) is 2.16. The van der Waals surface area contributed by atoms with Crippen LogP contribution in [0.4, 0.5) is 5.82 Å². The second kappa shape index (κ2) is 6.28. The smallest absolute Gasteiger partial charge is 0.214 e. The van der Waals surface area contributed by atoms with Gasteiger partial charge in [-0.3, -0.25) is 0 Å². The second-order valence-electron chi connectivity index (χ2n) is 6.81. The van der Waals surface area contributed by atoms with Gasteiger partial charge in [-0.1, -0.05) is 18.2 Å². The average molecular weight is 356 g/mol. The number of nitriles is 1. The summed E-state index contributed by atoms with van der Waals surface area (Å²) in [6.45, 7) is 1.33. The monoisotopic (exact) mass is 356 g/mol. The zero-order valence-corrected chi connectivity index (χ0v) is 14.7. The summed E-state index contributed by atoms with van der Waals surface area (Å²) in [5.41, 5.74) is 1.38. The molecule has 4 rings (SSSR count). The van der Waals surface area contributed by atoms with Crippen LogP contribution in [-0.2, 0) is 10.0 Å². The Morgan fingerprint density at radius 2 is 2.04 bits per heavy atom. The molecule has 1 aliphatic heterocycles. The first kappa shape index (κ1) is 16.3. The van der Waals surface area contributed by atoms with Crippen LogP contribution in [0.1, 0.15) is 31.2 Å². The van der Waals surface area contributed by atoms with Crippen LogP contribution in [-0.4, -0.2) is 37.8 Å². The third-order valence-electron chi connectivity index (χ3n) is 4.84. The van der Waals surface area contributed by atoms with Crippen molar-refractivity contribution in [3.63, 3.8) is 0 Å². The molecule has 2 heterocycles. The minimum absolute atomic E-state index is 0.126. The molecule has 130 valence electrons. The molecule has 2 aromatic rings. The molecule has 25 heavy (non-hydrogen) atoms. The van der Waals surface area contributed by atoms with Crippen LogP contribution in [0.2, 0.25) is 0 Å². The Morgan fingerprint density at radius 1 is 1.24 bits per heavy atom. The number of hydrogen-bond donors (Lipinski definition) is 1. The minimum Gasteiger partial charge on any atom is -0.354 e. The van der Waals surface area contributed by atoms with Gasteiger partial charge < -0.3 is 4.90 Å². The first-order chi connectivity index (χ1) is 12.1. The summed E-state index contributed by atoms with van der Waals surface area (Å²) in [6.07, 6.45) is 3.21. The number of pyridine rings is 1. The molecule has 0 radical (unpaired) electrons. The fourth-order valence-corrected chi connectivity index (χ4v) is 5.01. The van der Waals surface area contributed by atoms with Gasteiger partial charge in [0, 0.05) is 24.5 Å². The van der Waals surface area contributed by atoms with Crippen LogP contribution in [0.25, 0.3) is 10.9 Å². The van der Waals surface area contributed by atoms with E-state index in [0.29, 0.717) is 17.9 Å². The van der Waals surface area contributed by atoms with Gasteiger partial charge in [0.1, 0.15) is 11.9 Å². The number of sulfonamides is 1.